The lowest BCUT2D eigenvalue weighted by atomic mass is 9.96. The van der Waals surface area contributed by atoms with E-state index in [4.69, 9.17) is 4.74 Å². The number of hydrogen-bond acceptors (Lipinski definition) is 3. The van der Waals surface area contributed by atoms with Crippen LogP contribution in [0.15, 0.2) is 66.7 Å². The number of carbonyl (C=O) groups excluding carboxylic acids is 1. The molecule has 5 nitrogen and oxygen atoms in total. The fourth-order valence-electron chi connectivity index (χ4n) is 4.17. The third-order valence-electron chi connectivity index (χ3n) is 5.73. The van der Waals surface area contributed by atoms with Gasteiger partial charge in [-0.3, -0.25) is 0 Å². The van der Waals surface area contributed by atoms with Crippen LogP contribution in [0.1, 0.15) is 47.8 Å². The number of alkyl carbamates (subject to hydrolysis) is 1. The van der Waals surface area contributed by atoms with Crippen LogP contribution in [-0.2, 0) is 4.74 Å². The molecule has 3 atom stereocenters. The van der Waals surface area contributed by atoms with Crippen LogP contribution in [0.2, 0.25) is 0 Å². The summed E-state index contributed by atoms with van der Waals surface area (Å²) in [7, 11) is 0. The van der Waals surface area contributed by atoms with Gasteiger partial charge in [0.25, 0.3) is 0 Å². The lowest BCUT2D eigenvalue weighted by Crippen LogP contribution is -2.30. The number of amides is 1. The molecule has 4 rings (SSSR count). The first-order chi connectivity index (χ1) is 14.9. The summed E-state index contributed by atoms with van der Waals surface area (Å²) in [5.74, 6) is -0.164. The van der Waals surface area contributed by atoms with Crippen molar-refractivity contribution < 1.29 is 13.9 Å². The van der Waals surface area contributed by atoms with Crippen molar-refractivity contribution in [2.45, 2.75) is 45.3 Å². The van der Waals surface area contributed by atoms with Gasteiger partial charge in [-0.25, -0.2) is 13.9 Å². The molecule has 1 heterocycles. The number of aryl methyl sites for hydroxylation is 1. The van der Waals surface area contributed by atoms with Crippen LogP contribution in [0.5, 0.6) is 0 Å². The molecular weight excluding hydrogens is 393 g/mol. The molecular formula is C25H26FN3O2. The number of rotatable bonds is 5. The van der Waals surface area contributed by atoms with Gasteiger partial charge >= 0.3 is 6.09 Å². The quantitative estimate of drug-likeness (QED) is 0.554. The number of nitrogens with zero attached hydrogens (tertiary/aromatic N) is 2. The molecule has 0 saturated carbocycles. The first kappa shape index (κ1) is 20.8. The fraction of sp³-hybridized carbons (Fsp3) is 0.280. The van der Waals surface area contributed by atoms with Crippen LogP contribution < -0.4 is 5.32 Å². The Labute approximate surface area is 181 Å². The number of hydrogen-bond donors (Lipinski definition) is 1. The predicted octanol–water partition coefficient (Wildman–Crippen LogP) is 5.53. The molecule has 0 saturated heterocycles. The maximum absolute atomic E-state index is 13.3. The molecule has 160 valence electrons. The zero-order chi connectivity index (χ0) is 22.0. The Bertz CT molecular complexity index is 1090. The van der Waals surface area contributed by atoms with Crippen LogP contribution >= 0.6 is 0 Å². The summed E-state index contributed by atoms with van der Waals surface area (Å²) >= 11 is 0. The molecule has 0 radical (unpaired) electrons. The second kappa shape index (κ2) is 8.76. The summed E-state index contributed by atoms with van der Waals surface area (Å²) in [6.07, 6.45) is 3.96. The number of benzene rings is 2. The van der Waals surface area contributed by atoms with Gasteiger partial charge in [0.15, 0.2) is 0 Å². The highest BCUT2D eigenvalue weighted by atomic mass is 19.1. The third-order valence-corrected chi connectivity index (χ3v) is 5.73. The van der Waals surface area contributed by atoms with Crippen LogP contribution in [0.4, 0.5) is 9.18 Å². The highest BCUT2D eigenvalue weighted by Gasteiger charge is 2.28. The van der Waals surface area contributed by atoms with E-state index in [0.717, 1.165) is 28.2 Å². The Hall–Kier alpha value is -3.41. The number of halogens is 1. The van der Waals surface area contributed by atoms with Gasteiger partial charge in [0.1, 0.15) is 11.9 Å². The van der Waals surface area contributed by atoms with Gasteiger partial charge in [0.05, 0.1) is 17.4 Å². The lowest BCUT2D eigenvalue weighted by Gasteiger charge is -2.18. The number of nitrogens with one attached hydrogen (secondary N) is 1. The standard InChI is InChI=1S/C25H26FN3O2/c1-16(19-7-5-4-6-8-19)27-25(30)31-23-14-9-20(15-23)24-17(2)28-29(18(24)3)22-12-10-21(26)11-13-22/h4-14,16,20,23H,15H2,1-3H3,(H,27,30)/t16-,20-,23-/m1/s1. The van der Waals surface area contributed by atoms with E-state index in [2.05, 4.69) is 16.5 Å². The zero-order valence-electron chi connectivity index (χ0n) is 17.9. The van der Waals surface area contributed by atoms with Crippen molar-refractivity contribution in [2.75, 3.05) is 0 Å². The normalized spacial score (nSPS) is 18.7. The minimum atomic E-state index is -0.429. The number of ether oxygens (including phenoxy) is 1. The fourth-order valence-corrected chi connectivity index (χ4v) is 4.17. The maximum Gasteiger partial charge on any atom is 0.408 e. The molecule has 1 N–H and O–H groups in total. The summed E-state index contributed by atoms with van der Waals surface area (Å²) in [5, 5.41) is 7.54. The Kier molecular flexibility index (Phi) is 5.89. The monoisotopic (exact) mass is 419 g/mol. The van der Waals surface area contributed by atoms with Gasteiger partial charge < -0.3 is 10.1 Å². The predicted molar refractivity (Wildman–Crippen MR) is 118 cm³/mol. The number of allylic oxidation sites excluding steroid dienone is 1. The summed E-state index contributed by atoms with van der Waals surface area (Å²) in [5.41, 5.74) is 4.88. The highest BCUT2D eigenvalue weighted by molar-refractivity contribution is 5.68. The highest BCUT2D eigenvalue weighted by Crippen LogP contribution is 2.35. The van der Waals surface area contributed by atoms with E-state index in [0.29, 0.717) is 6.42 Å². The topological polar surface area (TPSA) is 56.2 Å². The van der Waals surface area contributed by atoms with Gasteiger partial charge in [-0.05, 0) is 63.1 Å². The molecule has 3 aromatic rings. The van der Waals surface area contributed by atoms with E-state index in [-0.39, 0.29) is 23.9 Å². The average Bonchev–Trinajstić information content (AvgIpc) is 3.32. The van der Waals surface area contributed by atoms with Gasteiger partial charge in [-0.1, -0.05) is 36.4 Å². The molecule has 2 aromatic carbocycles. The van der Waals surface area contributed by atoms with E-state index in [9.17, 15) is 9.18 Å². The van der Waals surface area contributed by atoms with E-state index in [1.807, 2.05) is 61.9 Å². The molecule has 1 aliphatic carbocycles. The lowest BCUT2D eigenvalue weighted by molar-refractivity contribution is 0.115. The van der Waals surface area contributed by atoms with Gasteiger partial charge in [0.2, 0.25) is 0 Å². The minimum Gasteiger partial charge on any atom is -0.442 e. The van der Waals surface area contributed by atoms with E-state index in [1.54, 1.807) is 12.1 Å². The first-order valence-electron chi connectivity index (χ1n) is 10.4. The van der Waals surface area contributed by atoms with Gasteiger partial charge in [-0.2, -0.15) is 5.10 Å². The maximum atomic E-state index is 13.3. The van der Waals surface area contributed by atoms with Crippen molar-refractivity contribution in [3.05, 3.63) is 95.1 Å². The summed E-state index contributed by atoms with van der Waals surface area (Å²) in [6, 6.07) is 15.9. The van der Waals surface area contributed by atoms with E-state index < -0.39 is 6.09 Å². The van der Waals surface area contributed by atoms with E-state index >= 15 is 0 Å². The summed E-state index contributed by atoms with van der Waals surface area (Å²) < 4.78 is 20.7. The molecule has 0 bridgehead atoms. The van der Waals surface area contributed by atoms with Crippen LogP contribution in [0, 0.1) is 19.7 Å². The van der Waals surface area contributed by atoms with Crippen LogP contribution in [0.25, 0.3) is 5.69 Å². The molecule has 31 heavy (non-hydrogen) atoms. The van der Waals surface area contributed by atoms with Crippen molar-refractivity contribution in [3.8, 4) is 5.69 Å². The number of aromatic nitrogens is 2. The second-order valence-electron chi connectivity index (χ2n) is 7.92. The second-order valence-corrected chi connectivity index (χ2v) is 7.92. The molecule has 0 aliphatic heterocycles. The Balaban J connectivity index is 1.41. The minimum absolute atomic E-state index is 0.110. The SMILES string of the molecule is Cc1nn(-c2ccc(F)cc2)c(C)c1[C@@H]1C=C[C@@H](OC(=O)N[C@H](C)c2ccccc2)C1. The molecule has 0 spiro atoms. The van der Waals surface area contributed by atoms with Crippen molar-refractivity contribution in [1.29, 1.82) is 0 Å². The smallest absolute Gasteiger partial charge is 0.408 e. The average molecular weight is 420 g/mol. The van der Waals surface area contributed by atoms with Crippen molar-refractivity contribution in [1.82, 2.24) is 15.1 Å². The molecule has 1 aliphatic rings. The molecule has 0 fully saturated rings. The van der Waals surface area contributed by atoms with Crippen molar-refractivity contribution in [3.63, 3.8) is 0 Å². The van der Waals surface area contributed by atoms with Gasteiger partial charge in [0, 0.05) is 17.2 Å². The Morgan fingerprint density at radius 2 is 1.84 bits per heavy atom. The largest absolute Gasteiger partial charge is 0.442 e. The van der Waals surface area contributed by atoms with Crippen molar-refractivity contribution >= 4 is 6.09 Å². The van der Waals surface area contributed by atoms with Crippen molar-refractivity contribution in [2.24, 2.45) is 0 Å². The third kappa shape index (κ3) is 4.53. The summed E-state index contributed by atoms with van der Waals surface area (Å²) in [4.78, 5) is 12.4. The summed E-state index contributed by atoms with van der Waals surface area (Å²) in [6.45, 7) is 5.91. The number of carbonyl (C=O) groups is 1. The van der Waals surface area contributed by atoms with Gasteiger partial charge in [-0.15, -0.1) is 0 Å². The van der Waals surface area contributed by atoms with Crippen LogP contribution in [0.3, 0.4) is 0 Å². The van der Waals surface area contributed by atoms with E-state index in [1.165, 1.54) is 12.1 Å². The molecule has 1 aromatic heterocycles. The Morgan fingerprint density at radius 1 is 1.13 bits per heavy atom. The first-order valence-corrected chi connectivity index (χ1v) is 10.4. The molecule has 1 amide bonds. The molecule has 0 unspecified atom stereocenters. The zero-order valence-corrected chi connectivity index (χ0v) is 17.9. The van der Waals surface area contributed by atoms with Crippen LogP contribution in [-0.4, -0.2) is 22.0 Å². The Morgan fingerprint density at radius 3 is 2.55 bits per heavy atom. The molecule has 6 heteroatoms.